The Balaban J connectivity index is 0.000000206. The monoisotopic (exact) mass is 393 g/mol. The molecule has 0 radical (unpaired) electrons. The largest absolute Gasteiger partial charge is 0.465 e. The minimum absolute atomic E-state index is 0.218. The van der Waals surface area contributed by atoms with E-state index in [4.69, 9.17) is 27.1 Å². The Kier molecular flexibility index (Phi) is 6.25. The molecule has 1 heterocycles. The van der Waals surface area contributed by atoms with E-state index in [1.807, 2.05) is 24.3 Å². The average molecular weight is 394 g/mol. The third-order valence-corrected chi connectivity index (χ3v) is 5.52. The van der Waals surface area contributed by atoms with Crippen LogP contribution in [0.4, 0.5) is 5.69 Å². The lowest BCUT2D eigenvalue weighted by atomic mass is 10.2. The Bertz CT molecular complexity index is 619. The smallest absolute Gasteiger partial charge is 0.322 e. The number of carbonyl (C=O) groups is 1. The second-order valence-electron chi connectivity index (χ2n) is 4.44. The Hall–Kier alpha value is -0.370. The van der Waals surface area contributed by atoms with Crippen LogP contribution in [0.1, 0.15) is 20.8 Å². The van der Waals surface area contributed by atoms with Crippen molar-refractivity contribution >= 4 is 62.7 Å². The standard InChI is InChI=1S/C7H5NS3.C6H11BrO2/c9-11(10)5-8-6-3-1-2-4-7(6)11;1-4-9-5(8)6(2,3)7/h1-5H;4H2,1-3H3. The minimum Gasteiger partial charge on any atom is -0.465 e. The molecule has 1 aliphatic rings. The van der Waals surface area contributed by atoms with Crippen molar-refractivity contribution in [2.45, 2.75) is 30.0 Å². The summed E-state index contributed by atoms with van der Waals surface area (Å²) in [6.45, 7) is 5.74. The van der Waals surface area contributed by atoms with Gasteiger partial charge in [-0.25, -0.2) is 4.99 Å². The van der Waals surface area contributed by atoms with E-state index in [9.17, 15) is 4.79 Å². The van der Waals surface area contributed by atoms with E-state index in [2.05, 4.69) is 20.9 Å². The summed E-state index contributed by atoms with van der Waals surface area (Å²) in [6, 6.07) is 7.81. The zero-order valence-corrected chi connectivity index (χ0v) is 15.5. The van der Waals surface area contributed by atoms with Crippen LogP contribution in [-0.2, 0) is 39.1 Å². The number of aliphatic imine (C=N–C) groups is 1. The number of nitrogens with zero attached hydrogens (tertiary/aromatic N) is 1. The van der Waals surface area contributed by atoms with E-state index in [1.165, 1.54) is 0 Å². The number of para-hydroxylation sites is 1. The van der Waals surface area contributed by atoms with Gasteiger partial charge < -0.3 is 4.74 Å². The maximum Gasteiger partial charge on any atom is 0.322 e. The highest BCUT2D eigenvalue weighted by Gasteiger charge is 2.24. The van der Waals surface area contributed by atoms with E-state index in [0.29, 0.717) is 6.61 Å². The van der Waals surface area contributed by atoms with E-state index in [0.717, 1.165) is 10.6 Å². The first-order valence-electron chi connectivity index (χ1n) is 5.93. The van der Waals surface area contributed by atoms with Gasteiger partial charge in [-0.2, -0.15) is 0 Å². The maximum absolute atomic E-state index is 10.8. The van der Waals surface area contributed by atoms with Crippen LogP contribution in [0.25, 0.3) is 0 Å². The van der Waals surface area contributed by atoms with Gasteiger partial charge in [-0.15, -0.1) is 0 Å². The van der Waals surface area contributed by atoms with Gasteiger partial charge in [0, 0.05) is 4.90 Å². The number of hydrogen-bond donors (Lipinski definition) is 0. The first kappa shape index (κ1) is 17.7. The summed E-state index contributed by atoms with van der Waals surface area (Å²) < 4.78 is 4.18. The van der Waals surface area contributed by atoms with Gasteiger partial charge in [-0.05, 0) is 62.4 Å². The molecular formula is C13H16BrNO2S3. The number of benzene rings is 1. The van der Waals surface area contributed by atoms with Crippen molar-refractivity contribution in [3.8, 4) is 0 Å². The lowest BCUT2D eigenvalue weighted by molar-refractivity contribution is -0.144. The molecule has 0 amide bonds. The number of halogens is 1. The number of esters is 1. The van der Waals surface area contributed by atoms with Crippen LogP contribution in [0.3, 0.4) is 0 Å². The van der Waals surface area contributed by atoms with Gasteiger partial charge in [0.05, 0.1) is 17.8 Å². The van der Waals surface area contributed by atoms with Crippen LogP contribution in [0.2, 0.25) is 0 Å². The molecule has 110 valence electrons. The topological polar surface area (TPSA) is 38.7 Å². The Morgan fingerprint density at radius 1 is 1.40 bits per heavy atom. The van der Waals surface area contributed by atoms with Gasteiger partial charge in [-0.1, -0.05) is 28.1 Å². The quantitative estimate of drug-likeness (QED) is 0.568. The number of carbonyl (C=O) groups excluding carboxylic acids is 1. The first-order valence-corrected chi connectivity index (χ1v) is 10.3. The third kappa shape index (κ3) is 4.87. The number of alkyl halides is 1. The van der Waals surface area contributed by atoms with E-state index in [-0.39, 0.29) is 5.97 Å². The zero-order chi connectivity index (χ0) is 15.4. The fraction of sp³-hybridized carbons (Fsp3) is 0.385. The molecule has 0 aliphatic carbocycles. The van der Waals surface area contributed by atoms with Gasteiger partial charge in [0.15, 0.2) is 0 Å². The molecule has 0 N–H and O–H groups in total. The molecule has 1 aliphatic heterocycles. The molecule has 7 heteroatoms. The minimum atomic E-state index is -1.53. The predicted molar refractivity (Wildman–Crippen MR) is 94.6 cm³/mol. The van der Waals surface area contributed by atoms with Crippen LogP contribution in [0.15, 0.2) is 34.2 Å². The fourth-order valence-corrected chi connectivity index (χ4v) is 3.55. The Labute approximate surface area is 137 Å². The molecule has 2 rings (SSSR count). The highest BCUT2D eigenvalue weighted by Crippen LogP contribution is 2.29. The molecule has 1 aromatic rings. The predicted octanol–water partition coefficient (Wildman–Crippen LogP) is 3.52. The summed E-state index contributed by atoms with van der Waals surface area (Å²) >= 11 is 13.6. The molecule has 0 aromatic heterocycles. The summed E-state index contributed by atoms with van der Waals surface area (Å²) in [5.41, 5.74) is 2.68. The van der Waals surface area contributed by atoms with Crippen molar-refractivity contribution in [2.75, 3.05) is 6.61 Å². The summed E-state index contributed by atoms with van der Waals surface area (Å²) in [7, 11) is -1.53. The summed E-state index contributed by atoms with van der Waals surface area (Å²) in [5, 5.41) is 0. The lowest BCUT2D eigenvalue weighted by Gasteiger charge is -2.12. The average Bonchev–Trinajstić information content (AvgIpc) is 2.66. The summed E-state index contributed by atoms with van der Waals surface area (Å²) in [4.78, 5) is 16.0. The van der Waals surface area contributed by atoms with Gasteiger partial charge in [0.25, 0.3) is 0 Å². The van der Waals surface area contributed by atoms with Gasteiger partial charge >= 0.3 is 5.97 Å². The van der Waals surface area contributed by atoms with Crippen molar-refractivity contribution in [3.63, 3.8) is 0 Å². The highest BCUT2D eigenvalue weighted by molar-refractivity contribution is 9.10. The molecule has 0 unspecified atom stereocenters. The normalized spacial score (nSPS) is 15.0. The van der Waals surface area contributed by atoms with E-state index in [1.54, 1.807) is 26.3 Å². The molecule has 0 spiro atoms. The third-order valence-electron chi connectivity index (χ3n) is 2.26. The van der Waals surface area contributed by atoms with Crippen molar-refractivity contribution in [1.29, 1.82) is 0 Å². The lowest BCUT2D eigenvalue weighted by Crippen LogP contribution is -2.26. The van der Waals surface area contributed by atoms with Crippen LogP contribution < -0.4 is 0 Å². The van der Waals surface area contributed by atoms with Gasteiger partial charge in [-0.3, -0.25) is 4.79 Å². The van der Waals surface area contributed by atoms with E-state index < -0.39 is 11.5 Å². The highest BCUT2D eigenvalue weighted by atomic mass is 79.9. The Morgan fingerprint density at radius 2 is 2.00 bits per heavy atom. The van der Waals surface area contributed by atoms with Crippen LogP contribution >= 0.6 is 15.9 Å². The number of hydrogen-bond acceptors (Lipinski definition) is 5. The molecule has 1 aromatic carbocycles. The summed E-state index contributed by atoms with van der Waals surface area (Å²) in [5.74, 6) is -0.218. The SMILES string of the molecule is CCOC(=O)C(C)(C)Br.S=S1(=S)C=Nc2ccccc21. The molecule has 0 atom stereocenters. The van der Waals surface area contributed by atoms with Crippen molar-refractivity contribution in [2.24, 2.45) is 4.99 Å². The fourth-order valence-electron chi connectivity index (χ4n) is 1.29. The molecule has 3 nitrogen and oxygen atoms in total. The second kappa shape index (κ2) is 7.06. The van der Waals surface area contributed by atoms with Crippen molar-refractivity contribution < 1.29 is 9.53 Å². The van der Waals surface area contributed by atoms with Crippen molar-refractivity contribution in [3.05, 3.63) is 24.3 Å². The van der Waals surface area contributed by atoms with Crippen LogP contribution in [0, 0.1) is 0 Å². The van der Waals surface area contributed by atoms with Gasteiger partial charge in [0.2, 0.25) is 0 Å². The van der Waals surface area contributed by atoms with Crippen LogP contribution in [0.5, 0.6) is 0 Å². The molecule has 0 saturated heterocycles. The maximum atomic E-state index is 10.8. The second-order valence-corrected chi connectivity index (χ2v) is 12.0. The Morgan fingerprint density at radius 3 is 2.45 bits per heavy atom. The van der Waals surface area contributed by atoms with Gasteiger partial charge in [0.1, 0.15) is 4.32 Å². The molecule has 0 fully saturated rings. The van der Waals surface area contributed by atoms with Crippen LogP contribution in [-0.4, -0.2) is 22.4 Å². The first-order chi connectivity index (χ1) is 9.18. The number of ether oxygens (including phenoxy) is 1. The molecule has 0 saturated carbocycles. The number of fused-ring (bicyclic) bond motifs is 1. The molecule has 0 bridgehead atoms. The molecule has 20 heavy (non-hydrogen) atoms. The number of rotatable bonds is 2. The molecular weight excluding hydrogens is 378 g/mol. The van der Waals surface area contributed by atoms with Crippen molar-refractivity contribution in [1.82, 2.24) is 0 Å². The summed E-state index contributed by atoms with van der Waals surface area (Å²) in [6.07, 6.45) is 0. The zero-order valence-electron chi connectivity index (χ0n) is 11.5. The van der Waals surface area contributed by atoms with E-state index >= 15 is 0 Å².